The first-order valence-corrected chi connectivity index (χ1v) is 8.20. The van der Waals surface area contributed by atoms with E-state index in [1.165, 1.54) is 15.2 Å². The van der Waals surface area contributed by atoms with Crippen molar-refractivity contribution < 1.29 is 8.42 Å². The number of hydrogen-bond acceptors (Lipinski definition) is 4. The van der Waals surface area contributed by atoms with Crippen molar-refractivity contribution in [1.29, 1.82) is 0 Å². The molecule has 1 heterocycles. The van der Waals surface area contributed by atoms with Crippen LogP contribution in [0.4, 0.5) is 0 Å². The van der Waals surface area contributed by atoms with E-state index in [2.05, 4.69) is 5.10 Å². The van der Waals surface area contributed by atoms with Crippen LogP contribution in [0.1, 0.15) is 5.56 Å². The van der Waals surface area contributed by atoms with Crippen molar-refractivity contribution in [2.75, 3.05) is 13.1 Å². The molecule has 114 valence electrons. The number of hydrogen-bond donors (Lipinski definition) is 1. The van der Waals surface area contributed by atoms with Crippen LogP contribution in [0.3, 0.4) is 0 Å². The Hall–Kier alpha value is -1.41. The van der Waals surface area contributed by atoms with Crippen LogP contribution in [0, 0.1) is 0 Å². The number of sulfonamides is 1. The van der Waals surface area contributed by atoms with E-state index in [9.17, 15) is 8.42 Å². The monoisotopic (exact) mass is 328 g/mol. The van der Waals surface area contributed by atoms with E-state index < -0.39 is 10.0 Å². The lowest BCUT2D eigenvalue weighted by Gasteiger charge is -2.21. The van der Waals surface area contributed by atoms with Gasteiger partial charge < -0.3 is 5.73 Å². The molecular formula is C13H17ClN4O2S. The second-order valence-corrected chi connectivity index (χ2v) is 6.79. The minimum Gasteiger partial charge on any atom is -0.329 e. The van der Waals surface area contributed by atoms with Crippen LogP contribution in [-0.4, -0.2) is 35.6 Å². The number of aryl methyl sites for hydroxylation is 1. The third-order valence-corrected chi connectivity index (χ3v) is 5.36. The van der Waals surface area contributed by atoms with Gasteiger partial charge in [0.1, 0.15) is 0 Å². The first-order valence-electron chi connectivity index (χ1n) is 6.38. The predicted molar refractivity (Wildman–Crippen MR) is 81.3 cm³/mol. The van der Waals surface area contributed by atoms with Gasteiger partial charge in [0.05, 0.1) is 11.2 Å². The summed E-state index contributed by atoms with van der Waals surface area (Å²) in [5, 5.41) is 3.96. The van der Waals surface area contributed by atoms with Crippen molar-refractivity contribution in [2.24, 2.45) is 12.8 Å². The molecule has 0 radical (unpaired) electrons. The van der Waals surface area contributed by atoms with Gasteiger partial charge >= 0.3 is 0 Å². The number of aromatic nitrogens is 2. The summed E-state index contributed by atoms with van der Waals surface area (Å²) in [6.07, 6.45) is 1.32. The lowest BCUT2D eigenvalue weighted by Crippen LogP contribution is -2.36. The van der Waals surface area contributed by atoms with E-state index in [1.54, 1.807) is 7.05 Å². The van der Waals surface area contributed by atoms with Gasteiger partial charge in [-0.15, -0.1) is 0 Å². The maximum atomic E-state index is 12.8. The number of halogens is 1. The van der Waals surface area contributed by atoms with Crippen LogP contribution in [-0.2, 0) is 23.6 Å². The summed E-state index contributed by atoms with van der Waals surface area (Å²) in [5.41, 5.74) is 6.43. The Bertz CT molecular complexity index is 681. The molecule has 2 N–H and O–H groups in total. The van der Waals surface area contributed by atoms with Crippen molar-refractivity contribution in [3.8, 4) is 0 Å². The molecule has 0 aliphatic heterocycles. The Morgan fingerprint density at radius 3 is 2.52 bits per heavy atom. The van der Waals surface area contributed by atoms with Gasteiger partial charge in [-0.2, -0.15) is 9.40 Å². The molecule has 0 saturated heterocycles. The average molecular weight is 329 g/mol. The standard InChI is InChI=1S/C13H17ClN4O2S/c1-17-13(12(14)9-16-17)21(19,20)18(8-7-15)10-11-5-3-2-4-6-11/h2-6,9H,7-8,10,15H2,1H3. The Kier molecular flexibility index (Phi) is 5.00. The zero-order chi connectivity index (χ0) is 15.5. The molecule has 0 aliphatic rings. The second kappa shape index (κ2) is 6.57. The zero-order valence-electron chi connectivity index (χ0n) is 11.6. The highest BCUT2D eigenvalue weighted by Gasteiger charge is 2.29. The van der Waals surface area contributed by atoms with Gasteiger partial charge in [-0.25, -0.2) is 8.42 Å². The maximum Gasteiger partial charge on any atom is 0.262 e. The van der Waals surface area contributed by atoms with Gasteiger partial charge in [0.2, 0.25) is 0 Å². The van der Waals surface area contributed by atoms with Gasteiger partial charge in [0.25, 0.3) is 10.0 Å². The second-order valence-electron chi connectivity index (χ2n) is 4.53. The summed E-state index contributed by atoms with van der Waals surface area (Å²) in [6, 6.07) is 9.33. The smallest absolute Gasteiger partial charge is 0.262 e. The summed E-state index contributed by atoms with van der Waals surface area (Å²) in [5.74, 6) is 0. The lowest BCUT2D eigenvalue weighted by molar-refractivity contribution is 0.408. The van der Waals surface area contributed by atoms with Gasteiger partial charge in [-0.1, -0.05) is 41.9 Å². The predicted octanol–water partition coefficient (Wildman–Crippen LogP) is 1.22. The fourth-order valence-electron chi connectivity index (χ4n) is 2.03. The van der Waals surface area contributed by atoms with E-state index in [1.807, 2.05) is 30.3 Å². The third-order valence-electron chi connectivity index (χ3n) is 3.01. The molecule has 8 heteroatoms. The molecule has 0 spiro atoms. The van der Waals surface area contributed by atoms with E-state index in [0.29, 0.717) is 0 Å². The third kappa shape index (κ3) is 3.44. The minimum absolute atomic E-state index is 0.0199. The fraction of sp³-hybridized carbons (Fsp3) is 0.308. The minimum atomic E-state index is -3.76. The highest BCUT2D eigenvalue weighted by Crippen LogP contribution is 2.24. The first kappa shape index (κ1) is 16.0. The van der Waals surface area contributed by atoms with Gasteiger partial charge in [0.15, 0.2) is 5.03 Å². The van der Waals surface area contributed by atoms with Gasteiger partial charge in [0, 0.05) is 26.7 Å². The van der Waals surface area contributed by atoms with Crippen molar-refractivity contribution in [2.45, 2.75) is 11.6 Å². The largest absolute Gasteiger partial charge is 0.329 e. The quantitative estimate of drug-likeness (QED) is 0.864. The molecule has 0 fully saturated rings. The number of rotatable bonds is 6. The van der Waals surface area contributed by atoms with Gasteiger partial charge in [-0.05, 0) is 5.56 Å². The Labute approximate surface area is 129 Å². The van der Waals surface area contributed by atoms with Crippen molar-refractivity contribution >= 4 is 21.6 Å². The summed E-state index contributed by atoms with van der Waals surface area (Å²) in [6.45, 7) is 0.669. The molecule has 0 unspecified atom stereocenters. The Balaban J connectivity index is 2.37. The van der Waals surface area contributed by atoms with Crippen LogP contribution < -0.4 is 5.73 Å². The van der Waals surface area contributed by atoms with Crippen molar-refractivity contribution in [3.05, 3.63) is 47.1 Å². The Morgan fingerprint density at radius 1 is 1.33 bits per heavy atom. The summed E-state index contributed by atoms with van der Waals surface area (Å²) >= 11 is 5.96. The van der Waals surface area contributed by atoms with Crippen LogP contribution in [0.25, 0.3) is 0 Å². The van der Waals surface area contributed by atoms with Crippen LogP contribution in [0.5, 0.6) is 0 Å². The Morgan fingerprint density at radius 2 is 2.00 bits per heavy atom. The normalized spacial score (nSPS) is 12.0. The van der Waals surface area contributed by atoms with E-state index in [-0.39, 0.29) is 29.7 Å². The number of nitrogens with two attached hydrogens (primary N) is 1. The summed E-state index contributed by atoms with van der Waals surface area (Å²) in [4.78, 5) is 0. The van der Waals surface area contributed by atoms with Crippen LogP contribution in [0.2, 0.25) is 5.02 Å². The molecule has 1 aromatic carbocycles. The SMILES string of the molecule is Cn1ncc(Cl)c1S(=O)(=O)N(CCN)Cc1ccccc1. The molecule has 6 nitrogen and oxygen atoms in total. The highest BCUT2D eigenvalue weighted by molar-refractivity contribution is 7.89. The summed E-state index contributed by atoms with van der Waals surface area (Å²) in [7, 11) is -2.21. The van der Waals surface area contributed by atoms with E-state index in [0.717, 1.165) is 5.56 Å². The maximum absolute atomic E-state index is 12.8. The van der Waals surface area contributed by atoms with Crippen LogP contribution in [0.15, 0.2) is 41.6 Å². The molecule has 0 aliphatic carbocycles. The molecule has 2 rings (SSSR count). The first-order chi connectivity index (χ1) is 9.96. The molecule has 0 amide bonds. The van der Waals surface area contributed by atoms with Gasteiger partial charge in [-0.3, -0.25) is 4.68 Å². The lowest BCUT2D eigenvalue weighted by atomic mass is 10.2. The molecule has 1 aromatic heterocycles. The zero-order valence-corrected chi connectivity index (χ0v) is 13.2. The molecule has 0 bridgehead atoms. The average Bonchev–Trinajstić information content (AvgIpc) is 2.79. The highest BCUT2D eigenvalue weighted by atomic mass is 35.5. The molecular weight excluding hydrogens is 312 g/mol. The number of benzene rings is 1. The van der Waals surface area contributed by atoms with Crippen molar-refractivity contribution in [3.63, 3.8) is 0 Å². The van der Waals surface area contributed by atoms with Crippen LogP contribution >= 0.6 is 11.6 Å². The molecule has 21 heavy (non-hydrogen) atoms. The number of nitrogens with zero attached hydrogens (tertiary/aromatic N) is 3. The topological polar surface area (TPSA) is 81.2 Å². The summed E-state index contributed by atoms with van der Waals surface area (Å²) < 4.78 is 28.1. The molecule has 0 atom stereocenters. The molecule has 0 saturated carbocycles. The van der Waals surface area contributed by atoms with E-state index >= 15 is 0 Å². The molecule has 2 aromatic rings. The fourth-order valence-corrected chi connectivity index (χ4v) is 4.08. The van der Waals surface area contributed by atoms with Crippen molar-refractivity contribution in [1.82, 2.24) is 14.1 Å². The van der Waals surface area contributed by atoms with E-state index in [4.69, 9.17) is 17.3 Å².